The summed E-state index contributed by atoms with van der Waals surface area (Å²) >= 11 is 0. The summed E-state index contributed by atoms with van der Waals surface area (Å²) in [7, 11) is 0. The summed E-state index contributed by atoms with van der Waals surface area (Å²) in [5.41, 5.74) is 0.774. The lowest BCUT2D eigenvalue weighted by Crippen LogP contribution is -2.47. The molecule has 5 nitrogen and oxygen atoms in total. The molecule has 5 heteroatoms. The highest BCUT2D eigenvalue weighted by Gasteiger charge is 2.28. The minimum absolute atomic E-state index is 0.0437. The largest absolute Gasteiger partial charge is 0.354 e. The van der Waals surface area contributed by atoms with Crippen molar-refractivity contribution in [2.45, 2.75) is 32.7 Å². The third-order valence-corrected chi connectivity index (χ3v) is 3.54. The Kier molecular flexibility index (Phi) is 5.20. The second-order valence-corrected chi connectivity index (χ2v) is 5.74. The average molecular weight is 289 g/mol. The molecule has 0 bridgehead atoms. The Bertz CT molecular complexity index is 488. The molecule has 1 aliphatic heterocycles. The van der Waals surface area contributed by atoms with E-state index in [4.69, 9.17) is 0 Å². The number of rotatable bonds is 3. The van der Waals surface area contributed by atoms with Crippen LogP contribution in [-0.2, 0) is 4.79 Å². The predicted molar refractivity (Wildman–Crippen MR) is 83.0 cm³/mol. The van der Waals surface area contributed by atoms with Gasteiger partial charge in [-0.2, -0.15) is 0 Å². The van der Waals surface area contributed by atoms with Crippen molar-refractivity contribution in [3.63, 3.8) is 0 Å². The summed E-state index contributed by atoms with van der Waals surface area (Å²) in [4.78, 5) is 26.0. The van der Waals surface area contributed by atoms with Crippen LogP contribution in [0.15, 0.2) is 30.3 Å². The summed E-state index contributed by atoms with van der Waals surface area (Å²) in [5.74, 6) is -0.0649. The average Bonchev–Trinajstić information content (AvgIpc) is 2.47. The van der Waals surface area contributed by atoms with Gasteiger partial charge in [0.25, 0.3) is 0 Å². The van der Waals surface area contributed by atoms with Gasteiger partial charge in [-0.1, -0.05) is 18.2 Å². The lowest BCUT2D eigenvalue weighted by atomic mass is 9.97. The normalized spacial score (nSPS) is 18.4. The van der Waals surface area contributed by atoms with E-state index in [1.807, 2.05) is 44.2 Å². The van der Waals surface area contributed by atoms with Crippen LogP contribution in [0.5, 0.6) is 0 Å². The quantitative estimate of drug-likeness (QED) is 0.898. The summed E-state index contributed by atoms with van der Waals surface area (Å²) in [6.07, 6.45) is 1.70. The first kappa shape index (κ1) is 15.4. The highest BCUT2D eigenvalue weighted by atomic mass is 16.2. The van der Waals surface area contributed by atoms with Crippen LogP contribution in [0.2, 0.25) is 0 Å². The van der Waals surface area contributed by atoms with Gasteiger partial charge in [-0.05, 0) is 38.8 Å². The minimum Gasteiger partial charge on any atom is -0.354 e. The van der Waals surface area contributed by atoms with Gasteiger partial charge in [-0.25, -0.2) is 4.79 Å². The van der Waals surface area contributed by atoms with Crippen LogP contribution in [-0.4, -0.2) is 36.0 Å². The molecule has 1 aromatic rings. The van der Waals surface area contributed by atoms with E-state index in [-0.39, 0.29) is 23.9 Å². The molecule has 2 rings (SSSR count). The van der Waals surface area contributed by atoms with Gasteiger partial charge in [0.1, 0.15) is 0 Å². The van der Waals surface area contributed by atoms with Gasteiger partial charge in [0.05, 0.1) is 5.92 Å². The van der Waals surface area contributed by atoms with Crippen molar-refractivity contribution in [2.24, 2.45) is 5.92 Å². The van der Waals surface area contributed by atoms with Crippen LogP contribution < -0.4 is 10.6 Å². The van der Waals surface area contributed by atoms with E-state index in [1.54, 1.807) is 4.90 Å². The molecule has 0 aliphatic carbocycles. The molecule has 0 aromatic heterocycles. The van der Waals surface area contributed by atoms with Crippen LogP contribution in [0.3, 0.4) is 0 Å². The van der Waals surface area contributed by atoms with Crippen molar-refractivity contribution in [1.82, 2.24) is 10.2 Å². The first-order valence-corrected chi connectivity index (χ1v) is 7.47. The van der Waals surface area contributed by atoms with Crippen LogP contribution in [0.25, 0.3) is 0 Å². The van der Waals surface area contributed by atoms with Gasteiger partial charge in [0.2, 0.25) is 5.91 Å². The first-order valence-electron chi connectivity index (χ1n) is 7.47. The highest BCUT2D eigenvalue weighted by Crippen LogP contribution is 2.18. The number of urea groups is 1. The number of likely N-dealkylation sites (tertiary alicyclic amines) is 1. The zero-order valence-corrected chi connectivity index (χ0v) is 12.6. The molecule has 21 heavy (non-hydrogen) atoms. The molecule has 1 saturated heterocycles. The van der Waals surface area contributed by atoms with E-state index in [0.717, 1.165) is 18.5 Å². The van der Waals surface area contributed by atoms with Gasteiger partial charge in [0.15, 0.2) is 0 Å². The van der Waals surface area contributed by atoms with E-state index in [1.165, 1.54) is 0 Å². The summed E-state index contributed by atoms with van der Waals surface area (Å²) in [6, 6.07) is 9.36. The van der Waals surface area contributed by atoms with E-state index in [9.17, 15) is 9.59 Å². The van der Waals surface area contributed by atoms with Crippen molar-refractivity contribution in [2.75, 3.05) is 18.4 Å². The van der Waals surface area contributed by atoms with Crippen LogP contribution in [0.1, 0.15) is 26.7 Å². The Morgan fingerprint density at radius 3 is 2.62 bits per heavy atom. The number of nitrogens with one attached hydrogen (secondary N) is 2. The molecule has 1 heterocycles. The lowest BCUT2D eigenvalue weighted by molar-refractivity contribution is -0.126. The van der Waals surface area contributed by atoms with E-state index in [2.05, 4.69) is 10.6 Å². The molecule has 1 aromatic carbocycles. The molecule has 114 valence electrons. The Morgan fingerprint density at radius 2 is 1.95 bits per heavy atom. The number of anilines is 1. The molecule has 1 unspecified atom stereocenters. The van der Waals surface area contributed by atoms with E-state index >= 15 is 0 Å². The van der Waals surface area contributed by atoms with Gasteiger partial charge in [0, 0.05) is 24.8 Å². The van der Waals surface area contributed by atoms with Crippen LogP contribution in [0.4, 0.5) is 10.5 Å². The molecule has 1 aliphatic rings. The minimum atomic E-state index is -0.136. The van der Waals surface area contributed by atoms with Crippen molar-refractivity contribution in [3.8, 4) is 0 Å². The molecule has 3 amide bonds. The molecule has 0 radical (unpaired) electrons. The maximum Gasteiger partial charge on any atom is 0.321 e. The van der Waals surface area contributed by atoms with Crippen molar-refractivity contribution >= 4 is 17.6 Å². The summed E-state index contributed by atoms with van der Waals surface area (Å²) in [5, 5.41) is 5.79. The smallest absolute Gasteiger partial charge is 0.321 e. The molecule has 0 saturated carbocycles. The fourth-order valence-electron chi connectivity index (χ4n) is 2.50. The number of amides is 3. The molecular formula is C16H23N3O2. The second-order valence-electron chi connectivity index (χ2n) is 5.74. The number of nitrogens with zero attached hydrogens (tertiary/aromatic N) is 1. The molecule has 1 fully saturated rings. The van der Waals surface area contributed by atoms with Gasteiger partial charge in [-0.3, -0.25) is 4.79 Å². The Labute approximate surface area is 125 Å². The van der Waals surface area contributed by atoms with Crippen molar-refractivity contribution in [3.05, 3.63) is 30.3 Å². The Hall–Kier alpha value is -2.04. The third kappa shape index (κ3) is 4.48. The molecule has 0 spiro atoms. The molecule has 2 N–H and O–H groups in total. The van der Waals surface area contributed by atoms with Crippen LogP contribution >= 0.6 is 0 Å². The maximum absolute atomic E-state index is 12.2. The fraction of sp³-hybridized carbons (Fsp3) is 0.500. The van der Waals surface area contributed by atoms with E-state index < -0.39 is 0 Å². The highest BCUT2D eigenvalue weighted by molar-refractivity contribution is 5.90. The molecular weight excluding hydrogens is 266 g/mol. The summed E-state index contributed by atoms with van der Waals surface area (Å²) < 4.78 is 0. The Balaban J connectivity index is 1.91. The standard InChI is InChI=1S/C16H23N3O2/c1-12(2)17-15(20)13-7-6-10-19(11-13)16(21)18-14-8-4-3-5-9-14/h3-5,8-9,12-13H,6-7,10-11H2,1-2H3,(H,17,20)(H,18,21). The number of carbonyl (C=O) groups is 2. The number of para-hydroxylation sites is 1. The topological polar surface area (TPSA) is 61.4 Å². The SMILES string of the molecule is CC(C)NC(=O)C1CCCN(C(=O)Nc2ccccc2)C1. The molecule has 1 atom stereocenters. The number of hydrogen-bond donors (Lipinski definition) is 2. The zero-order valence-electron chi connectivity index (χ0n) is 12.6. The first-order chi connectivity index (χ1) is 10.1. The third-order valence-electron chi connectivity index (χ3n) is 3.54. The Morgan fingerprint density at radius 1 is 1.24 bits per heavy atom. The van der Waals surface area contributed by atoms with Gasteiger partial charge >= 0.3 is 6.03 Å². The maximum atomic E-state index is 12.2. The number of piperidine rings is 1. The van der Waals surface area contributed by atoms with Gasteiger partial charge < -0.3 is 15.5 Å². The predicted octanol–water partition coefficient (Wildman–Crippen LogP) is 2.46. The van der Waals surface area contributed by atoms with Gasteiger partial charge in [-0.15, -0.1) is 0 Å². The monoisotopic (exact) mass is 289 g/mol. The summed E-state index contributed by atoms with van der Waals surface area (Å²) in [6.45, 7) is 5.07. The van der Waals surface area contributed by atoms with E-state index in [0.29, 0.717) is 13.1 Å². The number of carbonyl (C=O) groups excluding carboxylic acids is 2. The fourth-order valence-corrected chi connectivity index (χ4v) is 2.50. The second kappa shape index (κ2) is 7.11. The van der Waals surface area contributed by atoms with Crippen LogP contribution in [0, 0.1) is 5.92 Å². The number of hydrogen-bond acceptors (Lipinski definition) is 2. The lowest BCUT2D eigenvalue weighted by Gasteiger charge is -2.32. The van der Waals surface area contributed by atoms with Crippen molar-refractivity contribution < 1.29 is 9.59 Å². The zero-order chi connectivity index (χ0) is 15.2. The van der Waals surface area contributed by atoms with Crippen molar-refractivity contribution in [1.29, 1.82) is 0 Å². The number of benzene rings is 1.